The molecule has 0 aliphatic rings. The number of rotatable bonds is 4. The maximum absolute atomic E-state index is 5.18. The van der Waals surface area contributed by atoms with Crippen LogP contribution in [0, 0.1) is 0 Å². The van der Waals surface area contributed by atoms with Gasteiger partial charge in [-0.15, -0.1) is 0 Å². The van der Waals surface area contributed by atoms with E-state index in [4.69, 9.17) is 9.47 Å². The molecule has 0 radical (unpaired) electrons. The Balaban J connectivity index is 2.25. The summed E-state index contributed by atoms with van der Waals surface area (Å²) in [6.07, 6.45) is 4.23. The van der Waals surface area contributed by atoms with Crippen LogP contribution in [0.15, 0.2) is 36.7 Å². The summed E-state index contributed by atoms with van der Waals surface area (Å²) in [4.78, 5) is 4.11. The topological polar surface area (TPSA) is 31.4 Å². The van der Waals surface area contributed by atoms with Gasteiger partial charge in [0.15, 0.2) is 6.29 Å². The number of aromatic nitrogens is 1. The van der Waals surface area contributed by atoms with Crippen LogP contribution in [0.2, 0.25) is 0 Å². The Bertz CT molecular complexity index is 466. The third kappa shape index (κ3) is 2.38. The fourth-order valence-corrected chi connectivity index (χ4v) is 1.72. The predicted molar refractivity (Wildman–Crippen MR) is 63.3 cm³/mol. The van der Waals surface area contributed by atoms with Gasteiger partial charge in [0.1, 0.15) is 0 Å². The van der Waals surface area contributed by atoms with Crippen molar-refractivity contribution in [3.8, 4) is 0 Å². The zero-order valence-corrected chi connectivity index (χ0v) is 9.51. The van der Waals surface area contributed by atoms with Gasteiger partial charge < -0.3 is 9.47 Å². The Morgan fingerprint density at radius 1 is 1.12 bits per heavy atom. The molecule has 0 saturated carbocycles. The molecule has 0 spiro atoms. The van der Waals surface area contributed by atoms with Crippen molar-refractivity contribution >= 4 is 10.8 Å². The van der Waals surface area contributed by atoms with Crippen molar-refractivity contribution in [1.82, 2.24) is 4.98 Å². The first-order valence-electron chi connectivity index (χ1n) is 5.21. The lowest BCUT2D eigenvalue weighted by molar-refractivity contribution is -0.100. The van der Waals surface area contributed by atoms with Crippen molar-refractivity contribution in [3.05, 3.63) is 42.2 Å². The third-order valence-electron chi connectivity index (χ3n) is 2.63. The van der Waals surface area contributed by atoms with E-state index in [0.717, 1.165) is 11.8 Å². The number of hydrogen-bond acceptors (Lipinski definition) is 3. The minimum absolute atomic E-state index is 0.186. The van der Waals surface area contributed by atoms with E-state index in [9.17, 15) is 0 Å². The first-order valence-corrected chi connectivity index (χ1v) is 5.21. The molecule has 2 aromatic rings. The number of ether oxygens (including phenoxy) is 2. The molecule has 84 valence electrons. The maximum Gasteiger partial charge on any atom is 0.160 e. The lowest BCUT2D eigenvalue weighted by atomic mass is 10.1. The Kier molecular flexibility index (Phi) is 3.49. The van der Waals surface area contributed by atoms with Gasteiger partial charge in [0, 0.05) is 38.4 Å². The van der Waals surface area contributed by atoms with E-state index >= 15 is 0 Å². The number of fused-ring (bicyclic) bond motifs is 1. The van der Waals surface area contributed by atoms with Gasteiger partial charge in [-0.2, -0.15) is 0 Å². The van der Waals surface area contributed by atoms with Crippen molar-refractivity contribution in [1.29, 1.82) is 0 Å². The third-order valence-corrected chi connectivity index (χ3v) is 2.63. The molecule has 0 aliphatic heterocycles. The summed E-state index contributed by atoms with van der Waals surface area (Å²) in [7, 11) is 3.30. The smallest absolute Gasteiger partial charge is 0.160 e. The average Bonchev–Trinajstić information content (AvgIpc) is 2.35. The van der Waals surface area contributed by atoms with Crippen molar-refractivity contribution < 1.29 is 9.47 Å². The average molecular weight is 217 g/mol. The minimum Gasteiger partial charge on any atom is -0.356 e. The van der Waals surface area contributed by atoms with Crippen LogP contribution in [-0.4, -0.2) is 25.5 Å². The summed E-state index contributed by atoms with van der Waals surface area (Å²) in [6, 6.07) is 8.30. The Labute approximate surface area is 95.0 Å². The van der Waals surface area contributed by atoms with E-state index in [0.29, 0.717) is 0 Å². The molecule has 2 rings (SSSR count). The van der Waals surface area contributed by atoms with Crippen LogP contribution >= 0.6 is 0 Å². The zero-order valence-electron chi connectivity index (χ0n) is 9.51. The molecule has 1 aromatic carbocycles. The highest BCUT2D eigenvalue weighted by Gasteiger charge is 2.06. The lowest BCUT2D eigenvalue weighted by Gasteiger charge is -2.13. The molecular weight excluding hydrogens is 202 g/mol. The molecule has 3 heteroatoms. The largest absolute Gasteiger partial charge is 0.356 e. The molecule has 0 fully saturated rings. The summed E-state index contributed by atoms with van der Waals surface area (Å²) in [5.74, 6) is 0. The predicted octanol–water partition coefficient (Wildman–Crippen LogP) is 2.40. The van der Waals surface area contributed by atoms with E-state index in [-0.39, 0.29) is 6.29 Å². The number of nitrogens with zero attached hydrogens (tertiary/aromatic N) is 1. The van der Waals surface area contributed by atoms with Gasteiger partial charge in [-0.3, -0.25) is 4.98 Å². The second-order valence-electron chi connectivity index (χ2n) is 3.66. The van der Waals surface area contributed by atoms with Crippen LogP contribution in [0.3, 0.4) is 0 Å². The fraction of sp³-hybridized carbons (Fsp3) is 0.308. The second-order valence-corrected chi connectivity index (χ2v) is 3.66. The number of pyridine rings is 1. The highest BCUT2D eigenvalue weighted by molar-refractivity contribution is 5.81. The highest BCUT2D eigenvalue weighted by Crippen LogP contribution is 2.16. The molecule has 0 bridgehead atoms. The summed E-state index contributed by atoms with van der Waals surface area (Å²) in [6.45, 7) is 0. The van der Waals surface area contributed by atoms with Crippen LogP contribution in [0.1, 0.15) is 5.56 Å². The van der Waals surface area contributed by atoms with Gasteiger partial charge in [0.05, 0.1) is 0 Å². The molecular formula is C13H15NO2. The minimum atomic E-state index is -0.186. The zero-order chi connectivity index (χ0) is 11.4. The van der Waals surface area contributed by atoms with Gasteiger partial charge in [0.2, 0.25) is 0 Å². The number of methoxy groups -OCH3 is 2. The first kappa shape index (κ1) is 11.0. The van der Waals surface area contributed by atoms with Crippen LogP contribution in [0.5, 0.6) is 0 Å². The van der Waals surface area contributed by atoms with Gasteiger partial charge in [0.25, 0.3) is 0 Å². The maximum atomic E-state index is 5.18. The van der Waals surface area contributed by atoms with Gasteiger partial charge in [-0.05, 0) is 23.1 Å². The normalized spacial score (nSPS) is 11.2. The number of benzene rings is 1. The summed E-state index contributed by atoms with van der Waals surface area (Å²) in [5.41, 5.74) is 1.19. The molecule has 0 atom stereocenters. The van der Waals surface area contributed by atoms with Crippen LogP contribution in [0.4, 0.5) is 0 Å². The van der Waals surface area contributed by atoms with Crippen molar-refractivity contribution in [3.63, 3.8) is 0 Å². The molecule has 1 aromatic heterocycles. The molecule has 3 nitrogen and oxygen atoms in total. The Morgan fingerprint density at radius 2 is 1.94 bits per heavy atom. The molecule has 1 heterocycles. The monoisotopic (exact) mass is 217 g/mol. The van der Waals surface area contributed by atoms with E-state index < -0.39 is 0 Å². The quantitative estimate of drug-likeness (QED) is 0.737. The first-order chi connectivity index (χ1) is 7.83. The molecule has 0 amide bonds. The summed E-state index contributed by atoms with van der Waals surface area (Å²) < 4.78 is 10.4. The summed E-state index contributed by atoms with van der Waals surface area (Å²) >= 11 is 0. The van der Waals surface area contributed by atoms with E-state index in [1.165, 1.54) is 10.9 Å². The van der Waals surface area contributed by atoms with E-state index in [1.807, 2.05) is 12.3 Å². The van der Waals surface area contributed by atoms with E-state index in [2.05, 4.69) is 23.2 Å². The standard InChI is InChI=1S/C13H15NO2/c1-15-13(16-2)8-10-3-4-11-5-6-14-9-12(11)7-10/h3-7,9,13H,8H2,1-2H3. The fourth-order valence-electron chi connectivity index (χ4n) is 1.72. The van der Waals surface area contributed by atoms with E-state index in [1.54, 1.807) is 20.4 Å². The van der Waals surface area contributed by atoms with Gasteiger partial charge >= 0.3 is 0 Å². The Hall–Kier alpha value is -1.45. The van der Waals surface area contributed by atoms with Crippen LogP contribution in [0.25, 0.3) is 10.8 Å². The summed E-state index contributed by atoms with van der Waals surface area (Å²) in [5, 5.41) is 2.34. The van der Waals surface area contributed by atoms with Gasteiger partial charge in [-0.1, -0.05) is 12.1 Å². The van der Waals surface area contributed by atoms with Crippen LogP contribution < -0.4 is 0 Å². The molecule has 0 N–H and O–H groups in total. The second kappa shape index (κ2) is 5.05. The molecule has 16 heavy (non-hydrogen) atoms. The van der Waals surface area contributed by atoms with Crippen molar-refractivity contribution in [2.24, 2.45) is 0 Å². The van der Waals surface area contributed by atoms with Crippen LogP contribution in [-0.2, 0) is 15.9 Å². The molecule has 0 aliphatic carbocycles. The van der Waals surface area contributed by atoms with Crippen molar-refractivity contribution in [2.45, 2.75) is 12.7 Å². The SMILES string of the molecule is COC(Cc1ccc2ccncc2c1)OC. The van der Waals surface area contributed by atoms with Crippen molar-refractivity contribution in [2.75, 3.05) is 14.2 Å². The highest BCUT2D eigenvalue weighted by atomic mass is 16.7. The Morgan fingerprint density at radius 3 is 2.69 bits per heavy atom. The van der Waals surface area contributed by atoms with Gasteiger partial charge in [-0.25, -0.2) is 0 Å². The molecule has 0 saturated heterocycles. The lowest BCUT2D eigenvalue weighted by Crippen LogP contribution is -2.15. The number of hydrogen-bond donors (Lipinski definition) is 0. The molecule has 0 unspecified atom stereocenters.